The number of nitrogens with two attached hydrogens (primary N) is 1. The number of nitrogens with zero attached hydrogens (tertiary/aromatic N) is 1. The predicted octanol–water partition coefficient (Wildman–Crippen LogP) is 2.26. The second-order valence-electron chi connectivity index (χ2n) is 3.36. The molecule has 0 amide bonds. The van der Waals surface area contributed by atoms with Crippen molar-refractivity contribution in [1.29, 1.82) is 0 Å². The van der Waals surface area contributed by atoms with Gasteiger partial charge < -0.3 is 5.73 Å². The van der Waals surface area contributed by atoms with E-state index < -0.39 is 0 Å². The quantitative estimate of drug-likeness (QED) is 0.841. The van der Waals surface area contributed by atoms with E-state index in [0.717, 1.165) is 13.1 Å². The van der Waals surface area contributed by atoms with Crippen molar-refractivity contribution in [3.05, 3.63) is 34.6 Å². The maximum absolute atomic E-state index is 13.4. The van der Waals surface area contributed by atoms with E-state index in [9.17, 15) is 4.39 Å². The van der Waals surface area contributed by atoms with Crippen LogP contribution in [0.25, 0.3) is 0 Å². The standard InChI is InChI=1S/C11H16ClFN2/c1-2-15(7-6-14)8-9-10(12)4-3-5-11(9)13/h3-5H,2,6-8,14H2,1H3. The van der Waals surface area contributed by atoms with Gasteiger partial charge >= 0.3 is 0 Å². The molecule has 2 nitrogen and oxygen atoms in total. The number of likely N-dealkylation sites (N-methyl/N-ethyl adjacent to an activating group) is 1. The molecule has 0 radical (unpaired) electrons. The first-order chi connectivity index (χ1) is 7.19. The van der Waals surface area contributed by atoms with E-state index in [-0.39, 0.29) is 5.82 Å². The minimum absolute atomic E-state index is 0.252. The molecule has 4 heteroatoms. The maximum Gasteiger partial charge on any atom is 0.129 e. The average Bonchev–Trinajstić information content (AvgIpc) is 2.22. The fourth-order valence-electron chi connectivity index (χ4n) is 1.44. The summed E-state index contributed by atoms with van der Waals surface area (Å²) in [5, 5.41) is 0.477. The van der Waals surface area contributed by atoms with Crippen molar-refractivity contribution in [1.82, 2.24) is 4.90 Å². The third-order valence-electron chi connectivity index (χ3n) is 2.34. The number of halogens is 2. The van der Waals surface area contributed by atoms with Crippen LogP contribution in [0, 0.1) is 5.82 Å². The van der Waals surface area contributed by atoms with Gasteiger partial charge in [0.25, 0.3) is 0 Å². The van der Waals surface area contributed by atoms with Crippen LogP contribution in [0.3, 0.4) is 0 Å². The van der Waals surface area contributed by atoms with Gasteiger partial charge in [-0.05, 0) is 18.7 Å². The highest BCUT2D eigenvalue weighted by atomic mass is 35.5. The Kier molecular flexibility index (Phi) is 5.02. The van der Waals surface area contributed by atoms with Gasteiger partial charge in [0.05, 0.1) is 0 Å². The number of hydrogen-bond acceptors (Lipinski definition) is 2. The smallest absolute Gasteiger partial charge is 0.129 e. The number of rotatable bonds is 5. The van der Waals surface area contributed by atoms with E-state index in [1.807, 2.05) is 6.92 Å². The van der Waals surface area contributed by atoms with Crippen LogP contribution < -0.4 is 5.73 Å². The third-order valence-corrected chi connectivity index (χ3v) is 2.69. The first-order valence-electron chi connectivity index (χ1n) is 5.04. The Morgan fingerprint density at radius 1 is 1.47 bits per heavy atom. The molecule has 0 unspecified atom stereocenters. The van der Waals surface area contributed by atoms with Crippen molar-refractivity contribution in [3.63, 3.8) is 0 Å². The largest absolute Gasteiger partial charge is 0.329 e. The van der Waals surface area contributed by atoms with Gasteiger partial charge in [-0.15, -0.1) is 0 Å². The van der Waals surface area contributed by atoms with Crippen molar-refractivity contribution < 1.29 is 4.39 Å². The topological polar surface area (TPSA) is 29.3 Å². The van der Waals surface area contributed by atoms with E-state index in [2.05, 4.69) is 4.90 Å². The lowest BCUT2D eigenvalue weighted by molar-refractivity contribution is 0.284. The van der Waals surface area contributed by atoms with Crippen molar-refractivity contribution in [2.75, 3.05) is 19.6 Å². The van der Waals surface area contributed by atoms with Crippen molar-refractivity contribution in [2.24, 2.45) is 5.73 Å². The normalized spacial score (nSPS) is 11.0. The van der Waals surface area contributed by atoms with Crippen LogP contribution in [0.2, 0.25) is 5.02 Å². The fraction of sp³-hybridized carbons (Fsp3) is 0.455. The second kappa shape index (κ2) is 6.05. The highest BCUT2D eigenvalue weighted by Gasteiger charge is 2.10. The molecule has 1 rings (SSSR count). The summed E-state index contributed by atoms with van der Waals surface area (Å²) in [4.78, 5) is 2.06. The first-order valence-corrected chi connectivity index (χ1v) is 5.42. The third kappa shape index (κ3) is 3.45. The van der Waals surface area contributed by atoms with E-state index in [4.69, 9.17) is 17.3 Å². The Morgan fingerprint density at radius 2 is 2.20 bits per heavy atom. The van der Waals surface area contributed by atoms with Gasteiger partial charge in [-0.25, -0.2) is 4.39 Å². The molecule has 0 atom stereocenters. The summed E-state index contributed by atoms with van der Waals surface area (Å²) in [6.45, 7) is 4.69. The van der Waals surface area contributed by atoms with Crippen LogP contribution in [0.5, 0.6) is 0 Å². The van der Waals surface area contributed by atoms with Gasteiger partial charge in [-0.2, -0.15) is 0 Å². The lowest BCUT2D eigenvalue weighted by atomic mass is 10.2. The van der Waals surface area contributed by atoms with Crippen molar-refractivity contribution >= 4 is 11.6 Å². The van der Waals surface area contributed by atoms with Crippen LogP contribution in [-0.2, 0) is 6.54 Å². The van der Waals surface area contributed by atoms with Gasteiger partial charge in [0.2, 0.25) is 0 Å². The van der Waals surface area contributed by atoms with Gasteiger partial charge in [-0.3, -0.25) is 4.90 Å². The molecule has 0 aliphatic carbocycles. The van der Waals surface area contributed by atoms with Crippen LogP contribution in [-0.4, -0.2) is 24.5 Å². The first kappa shape index (κ1) is 12.4. The lowest BCUT2D eigenvalue weighted by Gasteiger charge is -2.20. The summed E-state index contributed by atoms with van der Waals surface area (Å²) in [6, 6.07) is 4.74. The molecule has 0 saturated heterocycles. The zero-order valence-corrected chi connectivity index (χ0v) is 9.60. The summed E-state index contributed by atoms with van der Waals surface area (Å²) in [5.41, 5.74) is 6.02. The van der Waals surface area contributed by atoms with E-state index >= 15 is 0 Å². The minimum Gasteiger partial charge on any atom is -0.329 e. The monoisotopic (exact) mass is 230 g/mol. The van der Waals surface area contributed by atoms with Gasteiger partial charge in [0, 0.05) is 30.2 Å². The molecule has 1 aromatic carbocycles. The number of benzene rings is 1. The van der Waals surface area contributed by atoms with Crippen LogP contribution in [0.4, 0.5) is 4.39 Å². The summed E-state index contributed by atoms with van der Waals surface area (Å²) >= 11 is 5.93. The molecular weight excluding hydrogens is 215 g/mol. The van der Waals surface area contributed by atoms with Gasteiger partial charge in [-0.1, -0.05) is 24.6 Å². The molecule has 84 valence electrons. The molecule has 2 N–H and O–H groups in total. The Hall–Kier alpha value is -0.640. The van der Waals surface area contributed by atoms with Crippen molar-refractivity contribution in [3.8, 4) is 0 Å². The highest BCUT2D eigenvalue weighted by Crippen LogP contribution is 2.20. The zero-order chi connectivity index (χ0) is 11.3. The predicted molar refractivity (Wildman–Crippen MR) is 61.4 cm³/mol. The van der Waals surface area contributed by atoms with Crippen LogP contribution in [0.15, 0.2) is 18.2 Å². The maximum atomic E-state index is 13.4. The molecule has 0 heterocycles. The molecule has 0 fully saturated rings. The van der Waals surface area contributed by atoms with Crippen LogP contribution in [0.1, 0.15) is 12.5 Å². The molecule has 0 saturated carbocycles. The van der Waals surface area contributed by atoms with Crippen molar-refractivity contribution in [2.45, 2.75) is 13.5 Å². The SMILES string of the molecule is CCN(CCN)Cc1c(F)cccc1Cl. The summed E-state index contributed by atoms with van der Waals surface area (Å²) in [5.74, 6) is -0.252. The molecule has 1 aromatic rings. The fourth-order valence-corrected chi connectivity index (χ4v) is 1.66. The Balaban J connectivity index is 2.78. The lowest BCUT2D eigenvalue weighted by Crippen LogP contribution is -2.29. The summed E-state index contributed by atoms with van der Waals surface area (Å²) < 4.78 is 13.4. The second-order valence-corrected chi connectivity index (χ2v) is 3.76. The minimum atomic E-state index is -0.252. The number of hydrogen-bond donors (Lipinski definition) is 1. The Morgan fingerprint density at radius 3 is 2.73 bits per heavy atom. The highest BCUT2D eigenvalue weighted by molar-refractivity contribution is 6.31. The average molecular weight is 231 g/mol. The molecule has 0 spiro atoms. The van der Waals surface area contributed by atoms with E-state index in [1.165, 1.54) is 6.07 Å². The molecule has 0 aliphatic heterocycles. The van der Waals surface area contributed by atoms with Gasteiger partial charge in [0.15, 0.2) is 0 Å². The van der Waals surface area contributed by atoms with E-state index in [1.54, 1.807) is 12.1 Å². The molecule has 0 aliphatic rings. The van der Waals surface area contributed by atoms with Gasteiger partial charge in [0.1, 0.15) is 5.82 Å². The Bertz CT molecular complexity index is 297. The summed E-state index contributed by atoms with van der Waals surface area (Å²) in [6.07, 6.45) is 0. The Labute approximate surface area is 94.8 Å². The molecule has 0 bridgehead atoms. The molecule has 15 heavy (non-hydrogen) atoms. The van der Waals surface area contributed by atoms with E-state index in [0.29, 0.717) is 23.7 Å². The van der Waals surface area contributed by atoms with Crippen LogP contribution >= 0.6 is 11.6 Å². The summed E-state index contributed by atoms with van der Waals surface area (Å²) in [7, 11) is 0. The zero-order valence-electron chi connectivity index (χ0n) is 8.84. The molecule has 0 aromatic heterocycles. The molecular formula is C11H16ClFN2.